The fourth-order valence-electron chi connectivity index (χ4n) is 6.43. The van der Waals surface area contributed by atoms with Crippen molar-refractivity contribution in [3.8, 4) is 0 Å². The van der Waals surface area contributed by atoms with Crippen molar-refractivity contribution in [2.45, 2.75) is 220 Å². The van der Waals surface area contributed by atoms with Gasteiger partial charge < -0.3 is 37.6 Å². The van der Waals surface area contributed by atoms with Crippen LogP contribution in [0.2, 0.25) is 0 Å². The number of carboxylic acids is 3. The van der Waals surface area contributed by atoms with E-state index in [2.05, 4.69) is 37.3 Å². The maximum absolute atomic E-state index is 10.4. The maximum atomic E-state index is 10.4. The number of hydrogen-bond donors (Lipinski definition) is 5. The summed E-state index contributed by atoms with van der Waals surface area (Å²) in [5.74, 6) is -2.86. The van der Waals surface area contributed by atoms with Crippen LogP contribution in [0.1, 0.15) is 217 Å². The number of carboxylic acid groups (broad SMARTS) is 3. The summed E-state index contributed by atoms with van der Waals surface area (Å²) in [5.41, 5.74) is 22.8. The monoisotopic (exact) mass is 1050 g/mol. The summed E-state index contributed by atoms with van der Waals surface area (Å²) in [4.78, 5) is 39.0. The Labute approximate surface area is 434 Å². The van der Waals surface area contributed by atoms with Gasteiger partial charge in [0.05, 0.1) is 42.1 Å². The molecule has 2 aromatic heterocycles. The van der Waals surface area contributed by atoms with Gasteiger partial charge in [0.25, 0.3) is 0 Å². The van der Waals surface area contributed by atoms with Gasteiger partial charge in [-0.05, 0) is 24.3 Å². The van der Waals surface area contributed by atoms with Crippen LogP contribution in [-0.4, -0.2) is 72.0 Å². The number of aliphatic carboxylic acids is 3. The van der Waals surface area contributed by atoms with E-state index < -0.39 is 34.5 Å². The van der Waals surface area contributed by atoms with Gasteiger partial charge in [0.2, 0.25) is 0 Å². The Morgan fingerprint density at radius 2 is 0.638 bits per heavy atom. The van der Waals surface area contributed by atoms with E-state index in [0.717, 1.165) is 36.6 Å². The first kappa shape index (κ1) is 74.8. The molecular formula is C52H93N5O10V2-. The van der Waals surface area contributed by atoms with Crippen molar-refractivity contribution in [2.24, 2.45) is 0 Å². The van der Waals surface area contributed by atoms with E-state index in [1.165, 1.54) is 154 Å². The average molecular weight is 1050 g/mol. The fourth-order valence-corrected chi connectivity index (χ4v) is 6.43. The molecule has 0 unspecified atom stereocenters. The topological polar surface area (TPSA) is 284 Å². The van der Waals surface area contributed by atoms with Crippen molar-refractivity contribution in [1.82, 2.24) is 9.97 Å². The van der Waals surface area contributed by atoms with E-state index >= 15 is 0 Å². The molecule has 0 aliphatic carbocycles. The SMILES string of the molecule is C=C(O)Cc1cccc(CC(=O)O)n1.CCCCCCCCCCC[NH-].CCCCCCCCCCC[NH-].CCCCCCCCCCC[NH-].O=C(O)Cc1cccc(CC(=O)O)n1.[O]=[V+2].[O]=[V][OH]. The normalized spacial score (nSPS) is 9.70. The molecule has 69 heavy (non-hydrogen) atoms. The molecule has 0 saturated heterocycles. The number of nitrogens with zero attached hydrogens (tertiary/aromatic N) is 2. The minimum atomic E-state index is -1.56. The summed E-state index contributed by atoms with van der Waals surface area (Å²) in [6.45, 7) is 12.0. The molecule has 397 valence electrons. The quantitative estimate of drug-likeness (QED) is 0.0318. The Morgan fingerprint density at radius 3 is 0.812 bits per heavy atom. The fraction of sp³-hybridized carbons (Fsp3) is 0.712. The summed E-state index contributed by atoms with van der Waals surface area (Å²) < 4.78 is 23.9. The number of unbranched alkanes of at least 4 members (excludes halogenated alkanes) is 24. The van der Waals surface area contributed by atoms with Crippen LogP contribution < -0.4 is 0 Å². The molecule has 8 N–H and O–H groups in total. The van der Waals surface area contributed by atoms with Gasteiger partial charge in [-0.2, -0.15) is 19.6 Å². The second kappa shape index (κ2) is 64.9. The number of aliphatic hydroxyl groups excluding tert-OH is 1. The molecule has 0 saturated carbocycles. The van der Waals surface area contributed by atoms with Crippen molar-refractivity contribution in [1.29, 1.82) is 0 Å². The van der Waals surface area contributed by atoms with Crippen molar-refractivity contribution in [2.75, 3.05) is 19.6 Å². The van der Waals surface area contributed by atoms with Gasteiger partial charge in [-0.1, -0.05) is 213 Å². The first-order chi connectivity index (χ1) is 33.3. The molecule has 0 amide bonds. The van der Waals surface area contributed by atoms with Crippen molar-refractivity contribution < 1.29 is 80.1 Å². The number of allylic oxidation sites excluding steroid dienone is 1. The average Bonchev–Trinajstić information content (AvgIpc) is 3.30. The number of aromatic nitrogens is 2. The third-order valence-corrected chi connectivity index (χ3v) is 9.95. The number of carbonyl (C=O) groups is 3. The Bertz CT molecular complexity index is 1230. The number of hydrogen-bond acceptors (Lipinski definition) is 8. The van der Waals surface area contributed by atoms with E-state index in [-0.39, 0.29) is 31.4 Å². The molecule has 0 atom stereocenters. The van der Waals surface area contributed by atoms with E-state index in [4.69, 9.17) is 49.0 Å². The van der Waals surface area contributed by atoms with E-state index in [1.807, 2.05) is 0 Å². The number of nitrogens with one attached hydrogen (secondary N) is 3. The Balaban J connectivity index is -0.000000242. The molecule has 0 radical (unpaired) electrons. The molecule has 0 fully saturated rings. The Kier molecular flexibility index (Phi) is 70.3. The predicted molar refractivity (Wildman–Crippen MR) is 271 cm³/mol. The van der Waals surface area contributed by atoms with E-state index in [1.54, 1.807) is 36.4 Å². The molecule has 2 aromatic rings. The number of pyridine rings is 2. The minimum absolute atomic E-state index is 0.0185. The third-order valence-electron chi connectivity index (χ3n) is 9.95. The van der Waals surface area contributed by atoms with Crippen LogP contribution >= 0.6 is 0 Å². The molecule has 0 spiro atoms. The van der Waals surface area contributed by atoms with Crippen LogP contribution in [0.5, 0.6) is 0 Å². The second-order valence-electron chi connectivity index (χ2n) is 16.5. The van der Waals surface area contributed by atoms with Crippen LogP contribution in [0, 0.1) is 0 Å². The number of aliphatic hydroxyl groups is 1. The van der Waals surface area contributed by atoms with E-state index in [9.17, 15) is 14.4 Å². The molecular weight excluding hydrogens is 956 g/mol. The van der Waals surface area contributed by atoms with Gasteiger partial charge in [-0.3, -0.25) is 24.4 Å². The standard InChI is InChI=1S/3C11H24N.C10H11NO3.C9H9NO4.H2O.2O.2V/c3*1-2-3-4-5-6-7-8-9-10-11-12;1-7(12)5-8-3-2-4-9(11-8)6-10(13)14;11-8(12)4-6-2-1-3-7(10-6)5-9(13)14;;;;;/h3*12H,2-11H2,1H3;2-4,12H,1,5-6H2,(H,13,14);1-3H,4-5H2,(H,11,12)(H,13,14);1H2;;;;/q3*-1;;;;;;+1;+2/p-1. The molecule has 15 nitrogen and oxygen atoms in total. The zero-order chi connectivity index (χ0) is 53.0. The van der Waals surface area contributed by atoms with Crippen LogP contribution in [0.3, 0.4) is 0 Å². The van der Waals surface area contributed by atoms with Gasteiger partial charge in [0.1, 0.15) is 0 Å². The van der Waals surface area contributed by atoms with Crippen LogP contribution in [-0.2, 0) is 81.4 Å². The van der Waals surface area contributed by atoms with Gasteiger partial charge in [0.15, 0.2) is 0 Å². The zero-order valence-corrected chi connectivity index (χ0v) is 45.6. The molecule has 17 heteroatoms. The Hall–Kier alpha value is -3.14. The van der Waals surface area contributed by atoms with Crippen molar-refractivity contribution >= 4 is 17.9 Å². The first-order valence-corrected chi connectivity index (χ1v) is 27.1. The summed E-state index contributed by atoms with van der Waals surface area (Å²) in [6, 6.07) is 9.77. The molecule has 0 aliphatic rings. The summed E-state index contributed by atoms with van der Waals surface area (Å²) in [5, 5.41) is 34.4. The molecule has 0 aromatic carbocycles. The van der Waals surface area contributed by atoms with Gasteiger partial charge in [0, 0.05) is 12.1 Å². The van der Waals surface area contributed by atoms with Gasteiger partial charge in [-0.15, -0.1) is 0 Å². The van der Waals surface area contributed by atoms with Gasteiger partial charge in [-0.25, -0.2) is 0 Å². The third kappa shape index (κ3) is 71.5. The molecule has 0 aliphatic heterocycles. The summed E-state index contributed by atoms with van der Waals surface area (Å²) in [7, 11) is 0. The van der Waals surface area contributed by atoms with E-state index in [0.29, 0.717) is 42.4 Å². The first-order valence-electron chi connectivity index (χ1n) is 25.3. The van der Waals surface area contributed by atoms with Crippen LogP contribution in [0.15, 0.2) is 48.7 Å². The van der Waals surface area contributed by atoms with Crippen LogP contribution in [0.25, 0.3) is 17.2 Å². The zero-order valence-electron chi connectivity index (χ0n) is 42.8. The van der Waals surface area contributed by atoms with Crippen molar-refractivity contribution in [3.63, 3.8) is 0 Å². The second-order valence-corrected chi connectivity index (χ2v) is 16.8. The molecule has 2 heterocycles. The summed E-state index contributed by atoms with van der Waals surface area (Å²) in [6.07, 6.45) is 36.2. The van der Waals surface area contributed by atoms with Crippen molar-refractivity contribution in [3.05, 3.63) is 88.7 Å². The van der Waals surface area contributed by atoms with Gasteiger partial charge >= 0.3 is 63.2 Å². The number of rotatable bonds is 35. The summed E-state index contributed by atoms with van der Waals surface area (Å²) >= 11 is -0.500. The predicted octanol–water partition coefficient (Wildman–Crippen LogP) is 14.6. The van der Waals surface area contributed by atoms with Crippen LogP contribution in [0.4, 0.5) is 0 Å². The molecule has 2 rings (SSSR count). The Morgan fingerprint density at radius 1 is 0.449 bits per heavy atom. The molecule has 0 bridgehead atoms.